The molecular weight excluding hydrogens is 915 g/mol. The van der Waals surface area contributed by atoms with Gasteiger partial charge in [-0.3, -0.25) is 0 Å². The Labute approximate surface area is 369 Å². The van der Waals surface area contributed by atoms with Gasteiger partial charge >= 0.3 is 366 Å². The fraction of sp³-hybridized carbons (Fsp3) is 0.408. The normalized spacial score (nSPS) is 31.0. The molecule has 0 aromatic heterocycles. The predicted octanol–water partition coefficient (Wildman–Crippen LogP) is 6.18. The van der Waals surface area contributed by atoms with Crippen molar-refractivity contribution in [3.63, 3.8) is 0 Å². The van der Waals surface area contributed by atoms with Crippen molar-refractivity contribution in [1.29, 1.82) is 0 Å². The summed E-state index contributed by atoms with van der Waals surface area (Å²) >= 11 is -2.51. The molecule has 2 N–H and O–H groups in total. The summed E-state index contributed by atoms with van der Waals surface area (Å²) in [4.78, 5) is 43.3. The van der Waals surface area contributed by atoms with E-state index in [1.807, 2.05) is 54.2 Å². The SMILES string of the molecule is CSC(O[C@H]1C[C@H]2OC[C@@]2(OC(C)=O)C2C(OC(=O)c3ccccc3)[C@]3(O)C[C@H](O)C(C)=C(CC(=O)[C@@]21C)C3(C)C)[S][Sn]([c]1ccccc1)([c]1ccccc1)[c]1ccccc1. The number of aliphatic hydroxyl groups excluding tert-OH is 1. The Balaban J connectivity index is 1.31. The average Bonchev–Trinajstić information content (AvgIpc) is 3.26. The van der Waals surface area contributed by atoms with Crippen LogP contribution < -0.4 is 10.7 Å². The molecule has 2 bridgehead atoms. The van der Waals surface area contributed by atoms with Gasteiger partial charge in [0.2, 0.25) is 0 Å². The van der Waals surface area contributed by atoms with Gasteiger partial charge in [-0.2, -0.15) is 0 Å². The zero-order chi connectivity index (χ0) is 43.4. The first kappa shape index (κ1) is 44.2. The zero-order valence-corrected chi connectivity index (χ0v) is 39.9. The Morgan fingerprint density at radius 1 is 0.852 bits per heavy atom. The van der Waals surface area contributed by atoms with Crippen LogP contribution in [0.5, 0.6) is 0 Å². The van der Waals surface area contributed by atoms with Gasteiger partial charge in [-0.05, 0) is 0 Å². The first-order valence-corrected chi connectivity index (χ1v) is 30.8. The van der Waals surface area contributed by atoms with Gasteiger partial charge in [0.15, 0.2) is 0 Å². The molecule has 320 valence electrons. The molecule has 8 rings (SSSR count). The number of hydrogen-bond acceptors (Lipinski definition) is 11. The standard InChI is InChI=1S/C31H40O9S2.3C6H5.Sn/c1-16-19-12-21(34)29(5)22(38-27(41)42-6)13-23-30(15-37-23,40-17(2)32)24(29)25(31(36,14-20(16)33)28(19,3)4)39-26(35)18-10-8-7-9-11-18;3*1-2-4-6-5-3-1;/h7-11,20,22-25,27,33,36,41H,12-15H2,1-6H3;3*1-5H;/q;;;;+1/p-1/t20-,22-,23+,24?,25?,27?,29+,30-,31+;;;;/m0..../s1. The molecule has 4 aliphatic rings. The molecule has 1 heterocycles. The molecule has 4 aromatic rings. The van der Waals surface area contributed by atoms with E-state index in [0.29, 0.717) is 11.1 Å². The van der Waals surface area contributed by atoms with Gasteiger partial charge in [0.1, 0.15) is 0 Å². The molecule has 0 spiro atoms. The van der Waals surface area contributed by atoms with Gasteiger partial charge < -0.3 is 0 Å². The molecule has 12 heteroatoms. The summed E-state index contributed by atoms with van der Waals surface area (Å²) in [6.07, 6.45) is -2.23. The fourth-order valence-electron chi connectivity index (χ4n) is 10.8. The number of thioether (sulfide) groups is 1. The van der Waals surface area contributed by atoms with Crippen molar-refractivity contribution in [3.8, 4) is 0 Å². The Kier molecular flexibility index (Phi) is 12.3. The molecule has 61 heavy (non-hydrogen) atoms. The van der Waals surface area contributed by atoms with Crippen LogP contribution in [0.1, 0.15) is 64.2 Å². The molecule has 9 nitrogen and oxygen atoms in total. The maximum atomic E-state index is 15.7. The van der Waals surface area contributed by atoms with Crippen molar-refractivity contribution in [2.24, 2.45) is 16.7 Å². The third-order valence-electron chi connectivity index (χ3n) is 14.2. The summed E-state index contributed by atoms with van der Waals surface area (Å²) in [7, 11) is 1.83. The number of ether oxygens (including phenoxy) is 4. The van der Waals surface area contributed by atoms with Crippen molar-refractivity contribution in [3.05, 3.63) is 138 Å². The quantitative estimate of drug-likeness (QED) is 0.0775. The summed E-state index contributed by atoms with van der Waals surface area (Å²) in [5.41, 5.74) is -4.61. The molecule has 1 aliphatic heterocycles. The fourth-order valence-corrected chi connectivity index (χ4v) is 35.4. The van der Waals surface area contributed by atoms with Gasteiger partial charge in [0, 0.05) is 0 Å². The van der Waals surface area contributed by atoms with Gasteiger partial charge in [0.05, 0.1) is 0 Å². The third-order valence-corrected chi connectivity index (χ3v) is 37.1. The van der Waals surface area contributed by atoms with E-state index < -0.39 is 86.1 Å². The van der Waals surface area contributed by atoms with Crippen LogP contribution in [0, 0.1) is 16.7 Å². The average molecular weight is 970 g/mol. The van der Waals surface area contributed by atoms with Crippen LogP contribution in [0.3, 0.4) is 0 Å². The number of benzene rings is 4. The first-order valence-electron chi connectivity index (χ1n) is 20.9. The maximum absolute atomic E-state index is 15.7. The van der Waals surface area contributed by atoms with Gasteiger partial charge in [-0.25, -0.2) is 0 Å². The Hall–Kier alpha value is -3.43. The molecule has 0 amide bonds. The van der Waals surface area contributed by atoms with E-state index in [4.69, 9.17) is 18.9 Å². The minimum atomic E-state index is -4.06. The van der Waals surface area contributed by atoms with E-state index in [-0.39, 0.29) is 37.2 Å². The van der Waals surface area contributed by atoms with Gasteiger partial charge in [-0.15, -0.1) is 0 Å². The monoisotopic (exact) mass is 970 g/mol. The number of hydrogen-bond donors (Lipinski definition) is 2. The number of carbonyl (C=O) groups is 3. The second-order valence-corrected chi connectivity index (χ2v) is 34.4. The first-order chi connectivity index (χ1) is 29.1. The second kappa shape index (κ2) is 16.9. The molecule has 0 radical (unpaired) electrons. The topological polar surface area (TPSA) is 129 Å². The number of carbonyl (C=O) groups excluding carboxylic acids is 3. The molecule has 3 aliphatic carbocycles. The van der Waals surface area contributed by atoms with Crippen LogP contribution in [0.4, 0.5) is 0 Å². The molecule has 3 unspecified atom stereocenters. The Bertz CT molecular complexity index is 2200. The van der Waals surface area contributed by atoms with Crippen molar-refractivity contribution >= 4 is 66.2 Å². The number of Topliss-reactive ketones (excluding diaryl/α,β-unsaturated/α-hetero) is 1. The molecule has 2 saturated carbocycles. The van der Waals surface area contributed by atoms with E-state index in [2.05, 4.69) is 72.8 Å². The molecular formula is C49H54O9S2Sn. The van der Waals surface area contributed by atoms with Gasteiger partial charge in [0.25, 0.3) is 0 Å². The van der Waals surface area contributed by atoms with Crippen molar-refractivity contribution in [2.45, 2.75) is 94.3 Å². The van der Waals surface area contributed by atoms with E-state index in [9.17, 15) is 19.8 Å². The van der Waals surface area contributed by atoms with Crippen molar-refractivity contribution in [2.75, 3.05) is 12.9 Å². The molecule has 1 saturated heterocycles. The van der Waals surface area contributed by atoms with E-state index in [1.54, 1.807) is 49.0 Å². The zero-order valence-electron chi connectivity index (χ0n) is 35.4. The summed E-state index contributed by atoms with van der Waals surface area (Å²) in [5.74, 6) is -2.66. The second-order valence-electron chi connectivity index (χ2n) is 17.6. The Morgan fingerprint density at radius 3 is 1.85 bits per heavy atom. The number of ketones is 1. The van der Waals surface area contributed by atoms with E-state index in [1.165, 1.54) is 17.7 Å². The number of fused-ring (bicyclic) bond motifs is 5. The van der Waals surface area contributed by atoms with E-state index in [0.717, 1.165) is 0 Å². The van der Waals surface area contributed by atoms with E-state index >= 15 is 4.79 Å². The summed E-state index contributed by atoms with van der Waals surface area (Å²) in [5, 5.41) is 25.1. The van der Waals surface area contributed by atoms with Crippen LogP contribution in [-0.4, -0.2) is 98.2 Å². The summed E-state index contributed by atoms with van der Waals surface area (Å²) in [6, 6.07) is 40.4. The Morgan fingerprint density at radius 2 is 1.38 bits per heavy atom. The van der Waals surface area contributed by atoms with Crippen LogP contribution >= 0.6 is 20.7 Å². The number of rotatable bonds is 11. The van der Waals surface area contributed by atoms with Crippen LogP contribution in [0.25, 0.3) is 0 Å². The summed E-state index contributed by atoms with van der Waals surface area (Å²) < 4.78 is 30.0. The number of esters is 2. The van der Waals surface area contributed by atoms with Gasteiger partial charge in [-0.1, -0.05) is 6.07 Å². The molecule has 9 atom stereocenters. The molecule has 4 aromatic carbocycles. The van der Waals surface area contributed by atoms with Crippen molar-refractivity contribution in [1.82, 2.24) is 0 Å². The van der Waals surface area contributed by atoms with Crippen molar-refractivity contribution < 1.29 is 43.5 Å². The third kappa shape index (κ3) is 7.24. The van der Waals surface area contributed by atoms with Crippen LogP contribution in [0.2, 0.25) is 0 Å². The summed E-state index contributed by atoms with van der Waals surface area (Å²) in [6.45, 7) is 8.55. The van der Waals surface area contributed by atoms with Crippen LogP contribution in [-0.2, 0) is 28.5 Å². The van der Waals surface area contributed by atoms with Crippen LogP contribution in [0.15, 0.2) is 132 Å². The molecule has 3 fully saturated rings. The number of aliphatic hydroxyl groups is 2. The predicted molar refractivity (Wildman–Crippen MR) is 242 cm³/mol. The minimum absolute atomic E-state index is 0.0754.